The molecule has 5 heteroatoms. The van der Waals surface area contributed by atoms with Gasteiger partial charge in [-0.15, -0.1) is 0 Å². The molecule has 0 atom stereocenters. The Labute approximate surface area is 103 Å². The van der Waals surface area contributed by atoms with Gasteiger partial charge in [-0.05, 0) is 11.5 Å². The first-order chi connectivity index (χ1) is 8.84. The van der Waals surface area contributed by atoms with Gasteiger partial charge < -0.3 is 4.98 Å². The maximum atomic E-state index is 12.1. The Balaban J connectivity index is 2.01. The van der Waals surface area contributed by atoms with Crippen LogP contribution in [0.2, 0.25) is 0 Å². The van der Waals surface area contributed by atoms with Crippen LogP contribution in [0.3, 0.4) is 0 Å². The van der Waals surface area contributed by atoms with Gasteiger partial charge in [-0.2, -0.15) is 0 Å². The normalized spacial score (nSPS) is 10.4. The second-order valence-electron chi connectivity index (χ2n) is 3.77. The van der Waals surface area contributed by atoms with Crippen LogP contribution in [0.25, 0.3) is 10.8 Å². The Morgan fingerprint density at radius 1 is 1.11 bits per heavy atom. The fourth-order valence-corrected chi connectivity index (χ4v) is 1.80. The molecule has 2 aromatic heterocycles. The van der Waals surface area contributed by atoms with Crippen molar-refractivity contribution < 1.29 is 4.79 Å². The number of anilines is 1. The summed E-state index contributed by atoms with van der Waals surface area (Å²) in [6.45, 7) is 0. The largest absolute Gasteiger partial charge is 0.331 e. The summed E-state index contributed by atoms with van der Waals surface area (Å²) in [6.07, 6.45) is 4.84. The Morgan fingerprint density at radius 3 is 2.83 bits per heavy atom. The lowest BCUT2D eigenvalue weighted by Crippen LogP contribution is -2.15. The van der Waals surface area contributed by atoms with E-state index in [1.165, 1.54) is 0 Å². The molecule has 0 spiro atoms. The molecule has 0 aliphatic carbocycles. The minimum Gasteiger partial charge on any atom is -0.331 e. The smallest absolute Gasteiger partial charge is 0.277 e. The zero-order valence-corrected chi connectivity index (χ0v) is 9.42. The second-order valence-corrected chi connectivity index (χ2v) is 3.77. The number of carbonyl (C=O) groups excluding carboxylic acids is 1. The van der Waals surface area contributed by atoms with Gasteiger partial charge in [0.05, 0.1) is 0 Å². The number of fused-ring (bicyclic) bond motifs is 1. The number of aromatic nitrogens is 3. The number of amides is 1. The van der Waals surface area contributed by atoms with Crippen LogP contribution in [0.15, 0.2) is 48.9 Å². The summed E-state index contributed by atoms with van der Waals surface area (Å²) in [5.41, 5.74) is 0.393. The Morgan fingerprint density at radius 2 is 2.00 bits per heavy atom. The van der Waals surface area contributed by atoms with Crippen LogP contribution in [0.4, 0.5) is 5.95 Å². The molecular formula is C13H10N4O. The molecule has 0 aliphatic heterocycles. The molecule has 1 aromatic carbocycles. The van der Waals surface area contributed by atoms with E-state index >= 15 is 0 Å². The van der Waals surface area contributed by atoms with E-state index < -0.39 is 0 Å². The summed E-state index contributed by atoms with van der Waals surface area (Å²) in [4.78, 5) is 23.0. The molecule has 0 unspecified atom stereocenters. The van der Waals surface area contributed by atoms with Gasteiger partial charge in [-0.1, -0.05) is 24.3 Å². The Hall–Kier alpha value is -2.69. The SMILES string of the molecule is O=C(Nc1ncc[nH]1)c1nccc2ccccc12. The molecule has 0 aliphatic rings. The number of benzene rings is 1. The van der Waals surface area contributed by atoms with Crippen LogP contribution in [0, 0.1) is 0 Å². The third kappa shape index (κ3) is 1.82. The van der Waals surface area contributed by atoms with Crippen molar-refractivity contribution in [2.45, 2.75) is 0 Å². The number of aromatic amines is 1. The molecule has 2 N–H and O–H groups in total. The van der Waals surface area contributed by atoms with Crippen LogP contribution in [-0.4, -0.2) is 20.9 Å². The average molecular weight is 238 g/mol. The summed E-state index contributed by atoms with van der Waals surface area (Å²) < 4.78 is 0. The highest BCUT2D eigenvalue weighted by molar-refractivity contribution is 6.10. The van der Waals surface area contributed by atoms with Crippen LogP contribution >= 0.6 is 0 Å². The molecule has 1 amide bonds. The Kier molecular flexibility index (Phi) is 2.49. The van der Waals surface area contributed by atoms with Crippen molar-refractivity contribution in [3.05, 3.63) is 54.6 Å². The third-order valence-electron chi connectivity index (χ3n) is 2.62. The van der Waals surface area contributed by atoms with Crippen LogP contribution in [-0.2, 0) is 0 Å². The number of nitrogens with zero attached hydrogens (tertiary/aromatic N) is 2. The lowest BCUT2D eigenvalue weighted by Gasteiger charge is -2.04. The van der Waals surface area contributed by atoms with Crippen molar-refractivity contribution in [1.82, 2.24) is 15.0 Å². The molecule has 2 heterocycles. The van der Waals surface area contributed by atoms with E-state index in [0.29, 0.717) is 11.6 Å². The van der Waals surface area contributed by atoms with Crippen molar-refractivity contribution in [2.75, 3.05) is 5.32 Å². The minimum atomic E-state index is -0.276. The molecule has 18 heavy (non-hydrogen) atoms. The van der Waals surface area contributed by atoms with E-state index in [2.05, 4.69) is 20.3 Å². The third-order valence-corrected chi connectivity index (χ3v) is 2.62. The number of pyridine rings is 1. The van der Waals surface area contributed by atoms with E-state index in [1.807, 2.05) is 30.3 Å². The zero-order chi connectivity index (χ0) is 12.4. The highest BCUT2D eigenvalue weighted by Gasteiger charge is 2.12. The molecule has 0 radical (unpaired) electrons. The summed E-state index contributed by atoms with van der Waals surface area (Å²) in [6, 6.07) is 9.50. The van der Waals surface area contributed by atoms with E-state index in [4.69, 9.17) is 0 Å². The van der Waals surface area contributed by atoms with Gasteiger partial charge in [0.25, 0.3) is 5.91 Å². The maximum absolute atomic E-state index is 12.1. The molecule has 0 fully saturated rings. The van der Waals surface area contributed by atoms with Crippen molar-refractivity contribution in [2.24, 2.45) is 0 Å². The number of H-pyrrole nitrogens is 1. The summed E-state index contributed by atoms with van der Waals surface area (Å²) >= 11 is 0. The number of rotatable bonds is 2. The lowest BCUT2D eigenvalue weighted by molar-refractivity contribution is 0.102. The quantitative estimate of drug-likeness (QED) is 0.719. The van der Waals surface area contributed by atoms with Gasteiger partial charge in [0.1, 0.15) is 5.69 Å². The van der Waals surface area contributed by atoms with Crippen LogP contribution in [0.5, 0.6) is 0 Å². The highest BCUT2D eigenvalue weighted by Crippen LogP contribution is 2.16. The second kappa shape index (κ2) is 4.29. The monoisotopic (exact) mass is 238 g/mol. The number of hydrogen-bond donors (Lipinski definition) is 2. The van der Waals surface area contributed by atoms with Gasteiger partial charge in [-0.3, -0.25) is 15.1 Å². The first-order valence-corrected chi connectivity index (χ1v) is 5.49. The van der Waals surface area contributed by atoms with Crippen molar-refractivity contribution >= 4 is 22.6 Å². The van der Waals surface area contributed by atoms with Crippen LogP contribution in [0.1, 0.15) is 10.5 Å². The van der Waals surface area contributed by atoms with E-state index in [1.54, 1.807) is 18.6 Å². The van der Waals surface area contributed by atoms with Crippen LogP contribution < -0.4 is 5.32 Å². The maximum Gasteiger partial charge on any atom is 0.277 e. The molecule has 88 valence electrons. The van der Waals surface area contributed by atoms with Gasteiger partial charge in [0.2, 0.25) is 5.95 Å². The van der Waals surface area contributed by atoms with E-state index in [-0.39, 0.29) is 5.91 Å². The van der Waals surface area contributed by atoms with Gasteiger partial charge >= 0.3 is 0 Å². The predicted octanol–water partition coefficient (Wildman–Crippen LogP) is 2.21. The van der Waals surface area contributed by atoms with Crippen molar-refractivity contribution in [3.8, 4) is 0 Å². The van der Waals surface area contributed by atoms with Gasteiger partial charge in [0, 0.05) is 24.0 Å². The van der Waals surface area contributed by atoms with Gasteiger partial charge in [0.15, 0.2) is 0 Å². The molecule has 0 saturated heterocycles. The summed E-state index contributed by atoms with van der Waals surface area (Å²) in [5, 5.41) is 4.47. The molecule has 0 bridgehead atoms. The van der Waals surface area contributed by atoms with Crippen molar-refractivity contribution in [1.29, 1.82) is 0 Å². The fraction of sp³-hybridized carbons (Fsp3) is 0. The molecule has 5 nitrogen and oxygen atoms in total. The van der Waals surface area contributed by atoms with Gasteiger partial charge in [-0.25, -0.2) is 4.98 Å². The first kappa shape index (κ1) is 10.5. The molecule has 3 rings (SSSR count). The number of hydrogen-bond acceptors (Lipinski definition) is 3. The molecule has 0 saturated carbocycles. The Bertz CT molecular complexity index is 686. The average Bonchev–Trinajstić information content (AvgIpc) is 2.91. The number of nitrogens with one attached hydrogen (secondary N) is 2. The van der Waals surface area contributed by atoms with Crippen molar-refractivity contribution in [3.63, 3.8) is 0 Å². The number of carbonyl (C=O) groups is 1. The minimum absolute atomic E-state index is 0.276. The molecule has 3 aromatic rings. The van der Waals surface area contributed by atoms with E-state index in [9.17, 15) is 4.79 Å². The summed E-state index contributed by atoms with van der Waals surface area (Å²) in [5.74, 6) is 0.136. The fourth-order valence-electron chi connectivity index (χ4n) is 1.80. The standard InChI is InChI=1S/C13H10N4O/c18-12(17-13-15-7-8-16-13)11-10-4-2-1-3-9(10)5-6-14-11/h1-8H,(H2,15,16,17,18). The molecular weight excluding hydrogens is 228 g/mol. The number of imidazole rings is 1. The van der Waals surface area contributed by atoms with E-state index in [0.717, 1.165) is 10.8 Å². The predicted molar refractivity (Wildman–Crippen MR) is 68.3 cm³/mol. The first-order valence-electron chi connectivity index (χ1n) is 5.49. The zero-order valence-electron chi connectivity index (χ0n) is 9.42. The highest BCUT2D eigenvalue weighted by atomic mass is 16.2. The lowest BCUT2D eigenvalue weighted by atomic mass is 10.1. The topological polar surface area (TPSA) is 70.7 Å². The summed E-state index contributed by atoms with van der Waals surface area (Å²) in [7, 11) is 0.